The molecule has 6 heteroatoms. The molecular weight excluding hydrogens is 399 g/mol. The lowest BCUT2D eigenvalue weighted by molar-refractivity contribution is 0.101. The summed E-state index contributed by atoms with van der Waals surface area (Å²) >= 11 is 1.14. The van der Waals surface area contributed by atoms with E-state index in [1.165, 1.54) is 12.1 Å². The average molecular weight is 418 g/mol. The fourth-order valence-electron chi connectivity index (χ4n) is 3.34. The van der Waals surface area contributed by atoms with E-state index >= 15 is 0 Å². The molecule has 0 aliphatic heterocycles. The zero-order chi connectivity index (χ0) is 21.1. The van der Waals surface area contributed by atoms with Gasteiger partial charge >= 0.3 is 0 Å². The maximum atomic E-state index is 14.0. The monoisotopic (exact) mass is 418 g/mol. The van der Waals surface area contributed by atoms with Gasteiger partial charge in [0.25, 0.3) is 5.56 Å². The van der Waals surface area contributed by atoms with Crippen LogP contribution in [0.15, 0.2) is 82.7 Å². The lowest BCUT2D eigenvalue weighted by Gasteiger charge is -2.16. The van der Waals surface area contributed by atoms with Crippen LogP contribution in [0.25, 0.3) is 16.6 Å². The Hall–Kier alpha value is -3.25. The summed E-state index contributed by atoms with van der Waals surface area (Å²) in [7, 11) is 0. The molecule has 0 spiro atoms. The summed E-state index contributed by atoms with van der Waals surface area (Å²) in [6.07, 6.45) is 0.744. The second-order valence-electron chi connectivity index (χ2n) is 6.73. The SMILES string of the molecule is CCc1ccccc1-n1c(SCC(=O)c2ccccc2F)nc2ccccc2c1=O. The highest BCUT2D eigenvalue weighted by Gasteiger charge is 2.18. The van der Waals surface area contributed by atoms with E-state index in [2.05, 4.69) is 4.98 Å². The standard InChI is InChI=1S/C24H19FN2O2S/c1-2-16-9-3-8-14-21(16)27-23(29)18-11-5-7-13-20(18)26-24(27)30-15-22(28)17-10-4-6-12-19(17)25/h3-14H,2,15H2,1H3. The van der Waals surface area contributed by atoms with Crippen LogP contribution in [0, 0.1) is 5.82 Å². The third kappa shape index (κ3) is 3.78. The van der Waals surface area contributed by atoms with E-state index in [9.17, 15) is 14.0 Å². The van der Waals surface area contributed by atoms with Gasteiger partial charge in [-0.2, -0.15) is 0 Å². The Morgan fingerprint density at radius 2 is 1.70 bits per heavy atom. The minimum atomic E-state index is -0.553. The van der Waals surface area contributed by atoms with Crippen LogP contribution in [0.1, 0.15) is 22.8 Å². The third-order valence-corrected chi connectivity index (χ3v) is 5.80. The molecule has 0 atom stereocenters. The van der Waals surface area contributed by atoms with Gasteiger partial charge in [-0.25, -0.2) is 9.37 Å². The van der Waals surface area contributed by atoms with Gasteiger partial charge in [0.2, 0.25) is 0 Å². The molecule has 0 amide bonds. The number of fused-ring (bicyclic) bond motifs is 1. The number of carbonyl (C=O) groups is 1. The molecule has 1 heterocycles. The fourth-order valence-corrected chi connectivity index (χ4v) is 4.23. The van der Waals surface area contributed by atoms with Gasteiger partial charge in [-0.05, 0) is 42.3 Å². The van der Waals surface area contributed by atoms with Crippen molar-refractivity contribution in [1.29, 1.82) is 0 Å². The predicted molar refractivity (Wildman–Crippen MR) is 118 cm³/mol. The van der Waals surface area contributed by atoms with E-state index in [1.807, 2.05) is 37.3 Å². The topological polar surface area (TPSA) is 52.0 Å². The van der Waals surface area contributed by atoms with Crippen LogP contribution in [0.4, 0.5) is 4.39 Å². The molecule has 0 fully saturated rings. The molecule has 0 radical (unpaired) electrons. The van der Waals surface area contributed by atoms with E-state index in [-0.39, 0.29) is 22.7 Å². The summed E-state index contributed by atoms with van der Waals surface area (Å²) in [6.45, 7) is 2.02. The summed E-state index contributed by atoms with van der Waals surface area (Å²) in [5.74, 6) is -0.931. The number of rotatable bonds is 6. The Labute approximate surface area is 177 Å². The number of benzene rings is 3. The Kier molecular flexibility index (Phi) is 5.77. The van der Waals surface area contributed by atoms with Gasteiger partial charge in [-0.1, -0.05) is 61.2 Å². The summed E-state index contributed by atoms with van der Waals surface area (Å²) < 4.78 is 15.5. The Morgan fingerprint density at radius 1 is 1.00 bits per heavy atom. The first-order valence-corrected chi connectivity index (χ1v) is 10.6. The number of aryl methyl sites for hydroxylation is 1. The number of nitrogens with zero attached hydrogens (tertiary/aromatic N) is 2. The number of carbonyl (C=O) groups excluding carboxylic acids is 1. The van der Waals surface area contributed by atoms with E-state index in [1.54, 1.807) is 34.9 Å². The highest BCUT2D eigenvalue weighted by atomic mass is 32.2. The molecule has 3 aromatic carbocycles. The largest absolute Gasteiger partial charge is 0.293 e. The van der Waals surface area contributed by atoms with Crippen molar-refractivity contribution >= 4 is 28.4 Å². The smallest absolute Gasteiger partial charge is 0.266 e. The minimum absolute atomic E-state index is 0.0278. The Bertz CT molecular complexity index is 1300. The molecule has 1 aromatic heterocycles. The van der Waals surface area contributed by atoms with Crippen molar-refractivity contribution in [2.75, 3.05) is 5.75 Å². The van der Waals surface area contributed by atoms with Crippen LogP contribution >= 0.6 is 11.8 Å². The number of halogens is 1. The molecule has 0 unspecified atom stereocenters. The molecule has 30 heavy (non-hydrogen) atoms. The number of thioether (sulfide) groups is 1. The first kappa shape index (κ1) is 20.0. The number of Topliss-reactive ketones (excluding diaryl/α,β-unsaturated/α-hetero) is 1. The molecule has 150 valence electrons. The third-order valence-electron chi connectivity index (χ3n) is 4.86. The van der Waals surface area contributed by atoms with Crippen molar-refractivity contribution in [2.24, 2.45) is 0 Å². The lowest BCUT2D eigenvalue weighted by atomic mass is 10.1. The van der Waals surface area contributed by atoms with Crippen LogP contribution in [0.5, 0.6) is 0 Å². The summed E-state index contributed by atoms with van der Waals surface area (Å²) in [5.41, 5.74) is 2.15. The molecule has 0 saturated heterocycles. The Morgan fingerprint density at radius 3 is 2.50 bits per heavy atom. The number of hydrogen-bond donors (Lipinski definition) is 0. The van der Waals surface area contributed by atoms with Crippen molar-refractivity contribution in [3.63, 3.8) is 0 Å². The lowest BCUT2D eigenvalue weighted by Crippen LogP contribution is -2.23. The summed E-state index contributed by atoms with van der Waals surface area (Å²) in [4.78, 5) is 30.6. The molecule has 4 nitrogen and oxygen atoms in total. The zero-order valence-electron chi connectivity index (χ0n) is 16.3. The van der Waals surface area contributed by atoms with Gasteiger partial charge in [-0.3, -0.25) is 14.2 Å². The minimum Gasteiger partial charge on any atom is -0.293 e. The summed E-state index contributed by atoms with van der Waals surface area (Å²) in [5, 5.41) is 0.914. The van der Waals surface area contributed by atoms with Crippen LogP contribution in [0.3, 0.4) is 0 Å². The molecule has 0 aliphatic carbocycles. The molecule has 0 bridgehead atoms. The van der Waals surface area contributed by atoms with E-state index in [0.717, 1.165) is 29.4 Å². The first-order chi connectivity index (χ1) is 14.6. The highest BCUT2D eigenvalue weighted by Crippen LogP contribution is 2.24. The second-order valence-corrected chi connectivity index (χ2v) is 7.67. The maximum absolute atomic E-state index is 14.0. The number of aromatic nitrogens is 2. The van der Waals surface area contributed by atoms with Crippen molar-refractivity contribution in [3.8, 4) is 5.69 Å². The molecule has 0 aliphatic rings. The van der Waals surface area contributed by atoms with Crippen LogP contribution in [-0.4, -0.2) is 21.1 Å². The van der Waals surface area contributed by atoms with E-state index in [0.29, 0.717) is 16.1 Å². The predicted octanol–water partition coefficient (Wildman–Crippen LogP) is 5.06. The van der Waals surface area contributed by atoms with Gasteiger partial charge < -0.3 is 0 Å². The van der Waals surface area contributed by atoms with Crippen molar-refractivity contribution in [2.45, 2.75) is 18.5 Å². The normalized spacial score (nSPS) is 11.0. The Balaban J connectivity index is 1.81. The molecular formula is C24H19FN2O2S. The van der Waals surface area contributed by atoms with Crippen LogP contribution in [-0.2, 0) is 6.42 Å². The number of para-hydroxylation sites is 2. The van der Waals surface area contributed by atoms with Crippen molar-refractivity contribution in [3.05, 3.63) is 100 Å². The number of ketones is 1. The zero-order valence-corrected chi connectivity index (χ0v) is 17.2. The summed E-state index contributed by atoms with van der Waals surface area (Å²) in [6, 6.07) is 20.7. The molecule has 0 N–H and O–H groups in total. The first-order valence-electron chi connectivity index (χ1n) is 9.60. The fraction of sp³-hybridized carbons (Fsp3) is 0.125. The number of hydrogen-bond acceptors (Lipinski definition) is 4. The highest BCUT2D eigenvalue weighted by molar-refractivity contribution is 7.99. The van der Waals surface area contributed by atoms with Crippen molar-refractivity contribution < 1.29 is 9.18 Å². The van der Waals surface area contributed by atoms with Gasteiger partial charge in [0, 0.05) is 0 Å². The maximum Gasteiger partial charge on any atom is 0.266 e. The van der Waals surface area contributed by atoms with Crippen molar-refractivity contribution in [1.82, 2.24) is 9.55 Å². The van der Waals surface area contributed by atoms with Gasteiger partial charge in [0.15, 0.2) is 10.9 Å². The quantitative estimate of drug-likeness (QED) is 0.249. The van der Waals surface area contributed by atoms with E-state index < -0.39 is 5.82 Å². The second kappa shape index (κ2) is 8.63. The van der Waals surface area contributed by atoms with Gasteiger partial charge in [0.1, 0.15) is 5.82 Å². The van der Waals surface area contributed by atoms with Gasteiger partial charge in [0.05, 0.1) is 27.9 Å². The van der Waals surface area contributed by atoms with Gasteiger partial charge in [-0.15, -0.1) is 0 Å². The van der Waals surface area contributed by atoms with Crippen LogP contribution in [0.2, 0.25) is 0 Å². The molecule has 4 rings (SSSR count). The molecule has 0 saturated carbocycles. The average Bonchev–Trinajstić information content (AvgIpc) is 2.78. The molecule has 4 aromatic rings. The van der Waals surface area contributed by atoms with Crippen LogP contribution < -0.4 is 5.56 Å². The van der Waals surface area contributed by atoms with E-state index in [4.69, 9.17) is 0 Å².